The summed E-state index contributed by atoms with van der Waals surface area (Å²) in [5.41, 5.74) is 5.83. The maximum atomic E-state index is 5.86. The van der Waals surface area contributed by atoms with Crippen LogP contribution in [0.25, 0.3) is 0 Å². The van der Waals surface area contributed by atoms with E-state index in [4.69, 9.17) is 22.1 Å². The molecule has 0 bridgehead atoms. The fraction of sp³-hybridized carbons (Fsp3) is 0.500. The molecule has 0 amide bonds. The standard InChI is InChI=1S/C12H17ClN2O.ClH/c13-10-2-1-3-12(8-10)16-7-6-15-5-4-11(14)9-15;/h1-3,8,11H,4-7,9,14H2;1H. The molecule has 1 fully saturated rings. The van der Waals surface area contributed by atoms with E-state index in [1.54, 1.807) is 0 Å². The Morgan fingerprint density at radius 1 is 1.47 bits per heavy atom. The van der Waals surface area contributed by atoms with E-state index in [-0.39, 0.29) is 12.4 Å². The molecule has 3 nitrogen and oxygen atoms in total. The van der Waals surface area contributed by atoms with Gasteiger partial charge in [0.1, 0.15) is 12.4 Å². The number of hydrogen-bond acceptors (Lipinski definition) is 3. The molecule has 1 aliphatic rings. The summed E-state index contributed by atoms with van der Waals surface area (Å²) in [4.78, 5) is 2.33. The Morgan fingerprint density at radius 3 is 2.94 bits per heavy atom. The molecule has 0 aromatic heterocycles. The van der Waals surface area contributed by atoms with Crippen LogP contribution >= 0.6 is 24.0 Å². The number of benzene rings is 1. The second-order valence-corrected chi connectivity index (χ2v) is 4.59. The van der Waals surface area contributed by atoms with E-state index in [0.717, 1.165) is 31.8 Å². The van der Waals surface area contributed by atoms with Gasteiger partial charge in [-0.1, -0.05) is 17.7 Å². The monoisotopic (exact) mass is 276 g/mol. The molecule has 1 aliphatic heterocycles. The first-order chi connectivity index (χ1) is 7.74. The van der Waals surface area contributed by atoms with E-state index < -0.39 is 0 Å². The van der Waals surface area contributed by atoms with Gasteiger partial charge < -0.3 is 10.5 Å². The highest BCUT2D eigenvalue weighted by Crippen LogP contribution is 2.17. The Kier molecular flexibility index (Phi) is 6.06. The average molecular weight is 277 g/mol. The van der Waals surface area contributed by atoms with Crippen molar-refractivity contribution in [2.45, 2.75) is 12.5 Å². The maximum absolute atomic E-state index is 5.86. The average Bonchev–Trinajstić information content (AvgIpc) is 2.64. The van der Waals surface area contributed by atoms with Crippen LogP contribution in [0.15, 0.2) is 24.3 Å². The third kappa shape index (κ3) is 4.72. The highest BCUT2D eigenvalue weighted by atomic mass is 35.5. The zero-order chi connectivity index (χ0) is 11.4. The smallest absolute Gasteiger partial charge is 0.120 e. The summed E-state index contributed by atoms with van der Waals surface area (Å²) in [6.07, 6.45) is 1.09. The molecule has 96 valence electrons. The van der Waals surface area contributed by atoms with Crippen molar-refractivity contribution in [2.24, 2.45) is 5.73 Å². The van der Waals surface area contributed by atoms with Gasteiger partial charge in [0.25, 0.3) is 0 Å². The molecule has 17 heavy (non-hydrogen) atoms. The largest absolute Gasteiger partial charge is 0.492 e. The second kappa shape index (κ2) is 7.07. The lowest BCUT2D eigenvalue weighted by Gasteiger charge is -2.15. The maximum Gasteiger partial charge on any atom is 0.120 e. The Bertz CT molecular complexity index is 349. The Balaban J connectivity index is 0.00000144. The first-order valence-corrected chi connectivity index (χ1v) is 5.98. The van der Waals surface area contributed by atoms with Crippen LogP contribution in [0.3, 0.4) is 0 Å². The lowest BCUT2D eigenvalue weighted by Crippen LogP contribution is -2.29. The number of nitrogens with two attached hydrogens (primary N) is 1. The lowest BCUT2D eigenvalue weighted by molar-refractivity contribution is 0.236. The van der Waals surface area contributed by atoms with Crippen molar-refractivity contribution in [3.05, 3.63) is 29.3 Å². The van der Waals surface area contributed by atoms with Crippen molar-refractivity contribution in [1.29, 1.82) is 0 Å². The molecule has 1 aromatic rings. The highest BCUT2D eigenvalue weighted by Gasteiger charge is 2.18. The van der Waals surface area contributed by atoms with E-state index in [0.29, 0.717) is 17.7 Å². The van der Waals surface area contributed by atoms with Gasteiger partial charge in [-0.05, 0) is 31.2 Å². The van der Waals surface area contributed by atoms with Crippen LogP contribution in [0.2, 0.25) is 5.02 Å². The van der Waals surface area contributed by atoms with Crippen molar-refractivity contribution in [3.8, 4) is 5.75 Å². The molecule has 5 heteroatoms. The number of ether oxygens (including phenoxy) is 1. The highest BCUT2D eigenvalue weighted by molar-refractivity contribution is 6.30. The Labute approximate surface area is 113 Å². The summed E-state index contributed by atoms with van der Waals surface area (Å²) in [6, 6.07) is 7.82. The minimum Gasteiger partial charge on any atom is -0.492 e. The van der Waals surface area contributed by atoms with Gasteiger partial charge >= 0.3 is 0 Å². The predicted octanol–water partition coefficient (Wildman–Crippen LogP) is 2.17. The molecule has 0 aliphatic carbocycles. The fourth-order valence-corrected chi connectivity index (χ4v) is 2.10. The summed E-state index contributed by atoms with van der Waals surface area (Å²) in [5.74, 6) is 0.830. The first-order valence-electron chi connectivity index (χ1n) is 5.60. The number of hydrogen-bond donors (Lipinski definition) is 1. The van der Waals surface area contributed by atoms with E-state index in [9.17, 15) is 0 Å². The molecule has 2 rings (SSSR count). The van der Waals surface area contributed by atoms with E-state index >= 15 is 0 Å². The van der Waals surface area contributed by atoms with Crippen molar-refractivity contribution in [1.82, 2.24) is 4.90 Å². The topological polar surface area (TPSA) is 38.5 Å². The van der Waals surface area contributed by atoms with Crippen LogP contribution < -0.4 is 10.5 Å². The van der Waals surface area contributed by atoms with Gasteiger partial charge in [0, 0.05) is 24.2 Å². The quantitative estimate of drug-likeness (QED) is 0.916. The molecule has 1 atom stereocenters. The van der Waals surface area contributed by atoms with Crippen LogP contribution in [0.4, 0.5) is 0 Å². The molecule has 0 spiro atoms. The molecule has 1 unspecified atom stereocenters. The van der Waals surface area contributed by atoms with Crippen LogP contribution in [-0.4, -0.2) is 37.2 Å². The summed E-state index contributed by atoms with van der Waals surface area (Å²) in [5, 5.41) is 0.709. The van der Waals surface area contributed by atoms with Gasteiger partial charge in [-0.25, -0.2) is 0 Å². The number of likely N-dealkylation sites (tertiary alicyclic amines) is 1. The molecule has 0 radical (unpaired) electrons. The number of nitrogens with zero attached hydrogens (tertiary/aromatic N) is 1. The van der Waals surface area contributed by atoms with Crippen LogP contribution in [0.5, 0.6) is 5.75 Å². The van der Waals surface area contributed by atoms with Gasteiger partial charge in [0.15, 0.2) is 0 Å². The van der Waals surface area contributed by atoms with Crippen molar-refractivity contribution >= 4 is 24.0 Å². The zero-order valence-electron chi connectivity index (χ0n) is 9.64. The van der Waals surface area contributed by atoms with E-state index in [2.05, 4.69) is 4.90 Å². The van der Waals surface area contributed by atoms with Gasteiger partial charge in [0.05, 0.1) is 0 Å². The summed E-state index contributed by atoms with van der Waals surface area (Å²) < 4.78 is 5.62. The molecular weight excluding hydrogens is 259 g/mol. The van der Waals surface area contributed by atoms with Crippen molar-refractivity contribution in [3.63, 3.8) is 0 Å². The molecule has 0 saturated carbocycles. The summed E-state index contributed by atoms with van der Waals surface area (Å²) >= 11 is 5.86. The SMILES string of the molecule is Cl.NC1CCN(CCOc2cccc(Cl)c2)C1. The fourth-order valence-electron chi connectivity index (χ4n) is 1.92. The molecule has 1 aromatic carbocycles. The van der Waals surface area contributed by atoms with Gasteiger partial charge in [-0.2, -0.15) is 0 Å². The Morgan fingerprint density at radius 2 is 2.29 bits per heavy atom. The van der Waals surface area contributed by atoms with Crippen molar-refractivity contribution in [2.75, 3.05) is 26.2 Å². The lowest BCUT2D eigenvalue weighted by atomic mass is 10.3. The first kappa shape index (κ1) is 14.6. The third-order valence-corrected chi connectivity index (χ3v) is 3.02. The molecule has 1 saturated heterocycles. The van der Waals surface area contributed by atoms with E-state index in [1.807, 2.05) is 24.3 Å². The predicted molar refractivity (Wildman–Crippen MR) is 73.2 cm³/mol. The molecular formula is C12H18Cl2N2O. The molecule has 2 N–H and O–H groups in total. The van der Waals surface area contributed by atoms with Crippen molar-refractivity contribution < 1.29 is 4.74 Å². The summed E-state index contributed by atoms with van der Waals surface area (Å²) in [6.45, 7) is 3.69. The van der Waals surface area contributed by atoms with E-state index in [1.165, 1.54) is 0 Å². The normalized spacial score (nSPS) is 20.0. The van der Waals surface area contributed by atoms with Crippen LogP contribution in [-0.2, 0) is 0 Å². The van der Waals surface area contributed by atoms with Gasteiger partial charge in [-0.15, -0.1) is 12.4 Å². The van der Waals surface area contributed by atoms with Gasteiger partial charge in [0.2, 0.25) is 0 Å². The third-order valence-electron chi connectivity index (χ3n) is 2.78. The number of rotatable bonds is 4. The Hall–Kier alpha value is -0.480. The second-order valence-electron chi connectivity index (χ2n) is 4.16. The van der Waals surface area contributed by atoms with Gasteiger partial charge in [-0.3, -0.25) is 4.90 Å². The minimum absolute atomic E-state index is 0. The number of halogens is 2. The zero-order valence-corrected chi connectivity index (χ0v) is 11.2. The minimum atomic E-state index is 0. The van der Waals surface area contributed by atoms with Crippen LogP contribution in [0.1, 0.15) is 6.42 Å². The van der Waals surface area contributed by atoms with Crippen LogP contribution in [0, 0.1) is 0 Å². The summed E-state index contributed by atoms with van der Waals surface area (Å²) in [7, 11) is 0. The molecule has 1 heterocycles.